The van der Waals surface area contributed by atoms with Crippen LogP contribution in [0.3, 0.4) is 0 Å². The second-order valence-electron chi connectivity index (χ2n) is 11.1. The molecule has 6 aromatic carbocycles. The Labute approximate surface area is 277 Å². The molecular weight excluding hydrogens is 630 g/mol. The lowest BCUT2D eigenvalue weighted by Gasteiger charge is -2.11. The summed E-state index contributed by atoms with van der Waals surface area (Å²) in [7, 11) is -1.80. The molecule has 48 heavy (non-hydrogen) atoms. The lowest BCUT2D eigenvalue weighted by Crippen LogP contribution is -2.25. The molecule has 0 heterocycles. The molecule has 0 saturated carbocycles. The largest absolute Gasteiger partial charge is 0.508 e. The van der Waals surface area contributed by atoms with E-state index in [1.807, 2.05) is 54.6 Å². The van der Waals surface area contributed by atoms with Crippen LogP contribution in [0.25, 0.3) is 32.7 Å². The third kappa shape index (κ3) is 7.73. The van der Waals surface area contributed by atoms with Crippen molar-refractivity contribution < 1.29 is 38.1 Å². The fraction of sp³-hybridized carbons (Fsp3) is 0.105. The van der Waals surface area contributed by atoms with E-state index in [-0.39, 0.29) is 34.1 Å². The normalized spacial score (nSPS) is 11.0. The highest BCUT2D eigenvalue weighted by molar-refractivity contribution is 7.90. The molecular formula is C38H33NO8S. The van der Waals surface area contributed by atoms with Crippen LogP contribution in [0.15, 0.2) is 120 Å². The van der Waals surface area contributed by atoms with Crippen LogP contribution in [0.1, 0.15) is 26.3 Å². The third-order valence-electron chi connectivity index (χ3n) is 7.78. The first-order chi connectivity index (χ1) is 22.9. The number of rotatable bonds is 8. The van der Waals surface area contributed by atoms with Gasteiger partial charge in [-0.2, -0.15) is 0 Å². The average Bonchev–Trinajstić information content (AvgIpc) is 3.08. The molecule has 0 aliphatic carbocycles. The van der Waals surface area contributed by atoms with Crippen molar-refractivity contribution in [2.45, 2.75) is 11.3 Å². The van der Waals surface area contributed by atoms with Gasteiger partial charge in [0.2, 0.25) is 0 Å². The number of carbonyl (C=O) groups excluding carboxylic acids is 1. The lowest BCUT2D eigenvalue weighted by atomic mass is 10.0. The van der Waals surface area contributed by atoms with Gasteiger partial charge in [-0.1, -0.05) is 66.7 Å². The Morgan fingerprint density at radius 3 is 1.79 bits per heavy atom. The standard InChI is InChI=1S/C26H23NO5S.C12H10O3/c1-33(31,32)22-9-6-17(7-10-22)20-8-11-24(28)21(14-20)12-13-27-26(30)23-15-18-4-2-3-5-19(18)16-25(23)29;1-15-11-7-9-5-3-2-4-8(9)6-10(11)12(13)14/h2-11,14-16,28-29H,12-13H2,1H3,(H,27,30);2-7H,1H3,(H,13,14). The van der Waals surface area contributed by atoms with Gasteiger partial charge in [0.1, 0.15) is 22.8 Å². The summed E-state index contributed by atoms with van der Waals surface area (Å²) in [6, 6.07) is 33.3. The first-order valence-electron chi connectivity index (χ1n) is 14.9. The van der Waals surface area contributed by atoms with Crippen LogP contribution >= 0.6 is 0 Å². The molecule has 0 fully saturated rings. The van der Waals surface area contributed by atoms with Gasteiger partial charge in [0.05, 0.1) is 17.6 Å². The molecule has 6 rings (SSSR count). The summed E-state index contributed by atoms with van der Waals surface area (Å²) in [5.41, 5.74) is 2.66. The molecule has 6 aromatic rings. The summed E-state index contributed by atoms with van der Waals surface area (Å²) < 4.78 is 28.3. The number of sulfone groups is 1. The number of methoxy groups -OCH3 is 1. The summed E-state index contributed by atoms with van der Waals surface area (Å²) in [5.74, 6) is -0.966. The molecule has 1 amide bonds. The maximum absolute atomic E-state index is 12.6. The Kier molecular flexibility index (Phi) is 9.96. The number of hydrogen-bond donors (Lipinski definition) is 4. The summed E-state index contributed by atoms with van der Waals surface area (Å²) in [4.78, 5) is 23.8. The number of fused-ring (bicyclic) bond motifs is 2. The van der Waals surface area contributed by atoms with Crippen LogP contribution in [0.5, 0.6) is 17.2 Å². The van der Waals surface area contributed by atoms with E-state index < -0.39 is 21.7 Å². The van der Waals surface area contributed by atoms with Crippen molar-refractivity contribution in [3.8, 4) is 28.4 Å². The number of carbonyl (C=O) groups is 2. The number of amides is 1. The molecule has 0 spiro atoms. The fourth-order valence-electron chi connectivity index (χ4n) is 5.23. The Balaban J connectivity index is 0.000000250. The molecule has 0 aliphatic heterocycles. The molecule has 0 atom stereocenters. The van der Waals surface area contributed by atoms with Gasteiger partial charge in [0, 0.05) is 12.8 Å². The highest BCUT2D eigenvalue weighted by Gasteiger charge is 2.14. The zero-order chi connectivity index (χ0) is 34.4. The third-order valence-corrected chi connectivity index (χ3v) is 8.91. The van der Waals surface area contributed by atoms with E-state index in [0.717, 1.165) is 38.9 Å². The quantitative estimate of drug-likeness (QED) is 0.138. The molecule has 0 radical (unpaired) electrons. The number of benzene rings is 6. The number of phenolic OH excluding ortho intramolecular Hbond substituents is 2. The van der Waals surface area contributed by atoms with Crippen molar-refractivity contribution >= 4 is 43.3 Å². The van der Waals surface area contributed by atoms with Crippen LogP contribution in [0.4, 0.5) is 0 Å². The Bertz CT molecular complexity index is 2250. The highest BCUT2D eigenvalue weighted by atomic mass is 32.2. The molecule has 10 heteroatoms. The van der Waals surface area contributed by atoms with E-state index >= 15 is 0 Å². The van der Waals surface area contributed by atoms with Gasteiger partial charge in [0.15, 0.2) is 9.84 Å². The Morgan fingerprint density at radius 2 is 1.23 bits per heavy atom. The predicted octanol–water partition coefficient (Wildman–Crippen LogP) is 6.84. The van der Waals surface area contributed by atoms with E-state index in [1.54, 1.807) is 60.7 Å². The van der Waals surface area contributed by atoms with Crippen molar-refractivity contribution in [1.82, 2.24) is 5.32 Å². The molecule has 0 bridgehead atoms. The summed E-state index contributed by atoms with van der Waals surface area (Å²) in [5, 5.41) is 35.8. The summed E-state index contributed by atoms with van der Waals surface area (Å²) >= 11 is 0. The zero-order valence-corrected chi connectivity index (χ0v) is 27.0. The number of carboxylic acids is 1. The van der Waals surface area contributed by atoms with Gasteiger partial charge in [-0.05, 0) is 93.2 Å². The van der Waals surface area contributed by atoms with E-state index in [2.05, 4.69) is 5.32 Å². The molecule has 4 N–H and O–H groups in total. The minimum absolute atomic E-state index is 0.0893. The van der Waals surface area contributed by atoms with Crippen LogP contribution in [-0.4, -0.2) is 55.5 Å². The van der Waals surface area contributed by atoms with Gasteiger partial charge in [-0.25, -0.2) is 13.2 Å². The smallest absolute Gasteiger partial charge is 0.339 e. The average molecular weight is 664 g/mol. The number of aromatic carboxylic acids is 1. The molecule has 0 unspecified atom stereocenters. The topological polar surface area (TPSA) is 150 Å². The van der Waals surface area contributed by atoms with Gasteiger partial charge in [-0.3, -0.25) is 4.79 Å². The van der Waals surface area contributed by atoms with E-state index in [9.17, 15) is 28.2 Å². The minimum Gasteiger partial charge on any atom is -0.508 e. The second-order valence-corrected chi connectivity index (χ2v) is 13.1. The number of nitrogens with one attached hydrogen (secondary N) is 1. The van der Waals surface area contributed by atoms with Gasteiger partial charge in [-0.15, -0.1) is 0 Å². The maximum atomic E-state index is 12.6. The van der Waals surface area contributed by atoms with Crippen molar-refractivity contribution in [1.29, 1.82) is 0 Å². The summed E-state index contributed by atoms with van der Waals surface area (Å²) in [6.07, 6.45) is 1.54. The molecule has 0 saturated heterocycles. The fourth-order valence-corrected chi connectivity index (χ4v) is 5.86. The SMILES string of the molecule is COc1cc2ccccc2cc1C(=O)O.CS(=O)(=O)c1ccc(-c2ccc(O)c(CCNC(=O)c3cc4ccccc4cc3O)c2)cc1. The van der Waals surface area contributed by atoms with Crippen molar-refractivity contribution in [3.63, 3.8) is 0 Å². The van der Waals surface area contributed by atoms with Gasteiger partial charge < -0.3 is 25.4 Å². The zero-order valence-electron chi connectivity index (χ0n) is 26.2. The van der Waals surface area contributed by atoms with Crippen LogP contribution in [0, 0.1) is 0 Å². The molecule has 0 aromatic heterocycles. The number of phenols is 2. The Hall–Kier alpha value is -5.87. The summed E-state index contributed by atoms with van der Waals surface area (Å²) in [6.45, 7) is 0.259. The molecule has 244 valence electrons. The maximum Gasteiger partial charge on any atom is 0.339 e. The minimum atomic E-state index is -3.27. The second kappa shape index (κ2) is 14.3. The number of hydrogen-bond acceptors (Lipinski definition) is 7. The van der Waals surface area contributed by atoms with Crippen LogP contribution < -0.4 is 10.1 Å². The van der Waals surface area contributed by atoms with E-state index in [4.69, 9.17) is 9.84 Å². The van der Waals surface area contributed by atoms with E-state index in [0.29, 0.717) is 17.7 Å². The molecule has 0 aliphatic rings. The van der Waals surface area contributed by atoms with Crippen molar-refractivity contribution in [2.75, 3.05) is 19.9 Å². The van der Waals surface area contributed by atoms with Crippen molar-refractivity contribution in [3.05, 3.63) is 132 Å². The van der Waals surface area contributed by atoms with Crippen LogP contribution in [-0.2, 0) is 16.3 Å². The lowest BCUT2D eigenvalue weighted by molar-refractivity contribution is 0.0693. The number of aromatic hydroxyl groups is 2. The first kappa shape index (κ1) is 33.5. The van der Waals surface area contributed by atoms with Crippen molar-refractivity contribution in [2.24, 2.45) is 0 Å². The number of carboxylic acid groups (broad SMARTS) is 1. The van der Waals surface area contributed by atoms with Gasteiger partial charge >= 0.3 is 5.97 Å². The van der Waals surface area contributed by atoms with Gasteiger partial charge in [0.25, 0.3) is 5.91 Å². The number of ether oxygens (including phenoxy) is 1. The van der Waals surface area contributed by atoms with Crippen LogP contribution in [0.2, 0.25) is 0 Å². The monoisotopic (exact) mass is 663 g/mol. The predicted molar refractivity (Wildman–Crippen MR) is 186 cm³/mol. The highest BCUT2D eigenvalue weighted by Crippen LogP contribution is 2.29. The first-order valence-corrected chi connectivity index (χ1v) is 16.8. The van der Waals surface area contributed by atoms with E-state index in [1.165, 1.54) is 7.11 Å². The Morgan fingerprint density at radius 1 is 0.688 bits per heavy atom. The molecule has 9 nitrogen and oxygen atoms in total.